The zero-order chi connectivity index (χ0) is 21.6. The van der Waals surface area contributed by atoms with Gasteiger partial charge in [-0.05, 0) is 46.3 Å². The van der Waals surface area contributed by atoms with E-state index in [1.165, 1.54) is 29.2 Å². The molecule has 0 saturated carbocycles. The minimum absolute atomic E-state index is 0.0621. The normalized spacial score (nSPS) is 11.5. The molecule has 0 aliphatic carbocycles. The number of nitrogens with zero attached hydrogens (tertiary/aromatic N) is 4. The van der Waals surface area contributed by atoms with Crippen molar-refractivity contribution in [2.24, 2.45) is 0 Å². The molecule has 0 aliphatic heterocycles. The first-order chi connectivity index (χ1) is 15.1. The Morgan fingerprint density at radius 3 is 2.32 bits per heavy atom. The predicted molar refractivity (Wildman–Crippen MR) is 111 cm³/mol. The van der Waals surface area contributed by atoms with Gasteiger partial charge in [-0.2, -0.15) is 0 Å². The fourth-order valence-electron chi connectivity index (χ4n) is 2.99. The van der Waals surface area contributed by atoms with Crippen LogP contribution < -0.4 is 10.6 Å². The third-order valence-electron chi connectivity index (χ3n) is 4.53. The van der Waals surface area contributed by atoms with Crippen LogP contribution in [0.5, 0.6) is 0 Å². The van der Waals surface area contributed by atoms with E-state index in [9.17, 15) is 14.0 Å². The van der Waals surface area contributed by atoms with Gasteiger partial charge in [-0.1, -0.05) is 48.5 Å². The molecule has 1 heterocycles. The summed E-state index contributed by atoms with van der Waals surface area (Å²) >= 11 is 0. The fraction of sp³-hybridized carbons (Fsp3) is 0.0455. The smallest absolute Gasteiger partial charge is 0.252 e. The molecule has 3 aromatic carbocycles. The quantitative estimate of drug-likeness (QED) is 0.503. The number of benzene rings is 3. The number of hydrogen-bond acceptors (Lipinski definition) is 5. The highest BCUT2D eigenvalue weighted by atomic mass is 19.1. The number of rotatable bonds is 6. The summed E-state index contributed by atoms with van der Waals surface area (Å²) in [4.78, 5) is 25.8. The molecule has 1 unspecified atom stereocenters. The maximum atomic E-state index is 14.4. The summed E-state index contributed by atoms with van der Waals surface area (Å²) in [6.45, 7) is 0. The number of amides is 2. The number of carbonyl (C=O) groups is 2. The molecule has 1 aromatic heterocycles. The van der Waals surface area contributed by atoms with Crippen molar-refractivity contribution in [3.63, 3.8) is 0 Å². The Labute approximate surface area is 176 Å². The average molecular weight is 416 g/mol. The van der Waals surface area contributed by atoms with Crippen LogP contribution in [0.2, 0.25) is 0 Å². The summed E-state index contributed by atoms with van der Waals surface area (Å²) in [6, 6.07) is 20.3. The zero-order valence-corrected chi connectivity index (χ0v) is 16.1. The molecule has 31 heavy (non-hydrogen) atoms. The fourth-order valence-corrected chi connectivity index (χ4v) is 2.99. The highest BCUT2D eigenvalue weighted by Gasteiger charge is 2.24. The highest BCUT2D eigenvalue weighted by Crippen LogP contribution is 2.21. The number of aromatic nitrogens is 4. The molecule has 0 saturated heterocycles. The van der Waals surface area contributed by atoms with Crippen LogP contribution in [0.15, 0.2) is 85.2 Å². The number of anilines is 1. The molecule has 154 valence electrons. The van der Waals surface area contributed by atoms with E-state index in [4.69, 9.17) is 0 Å². The van der Waals surface area contributed by atoms with Crippen LogP contribution in [-0.2, 0) is 4.79 Å². The lowest BCUT2D eigenvalue weighted by atomic mass is 10.0. The predicted octanol–water partition coefficient (Wildman–Crippen LogP) is 2.91. The Balaban J connectivity index is 1.61. The van der Waals surface area contributed by atoms with Gasteiger partial charge in [0.25, 0.3) is 11.8 Å². The summed E-state index contributed by atoms with van der Waals surface area (Å²) in [5.41, 5.74) is 1.36. The second kappa shape index (κ2) is 8.95. The second-order valence-corrected chi connectivity index (χ2v) is 6.59. The first-order valence-corrected chi connectivity index (χ1v) is 9.36. The maximum Gasteiger partial charge on any atom is 0.252 e. The average Bonchev–Trinajstić information content (AvgIpc) is 3.35. The number of hydrogen-bond donors (Lipinski definition) is 2. The lowest BCUT2D eigenvalue weighted by Gasteiger charge is -2.19. The Bertz CT molecular complexity index is 1180. The Morgan fingerprint density at radius 2 is 1.65 bits per heavy atom. The van der Waals surface area contributed by atoms with Crippen molar-refractivity contribution in [2.75, 3.05) is 5.32 Å². The standard InChI is InChI=1S/C22H17FN6O2/c23-18-12-11-17(29-14-24-27-28-29)13-19(18)25-22(31)20(15-7-3-1-4-8-15)26-21(30)16-9-5-2-6-10-16/h1-14,20H,(H,25,31)(H,26,30). The molecule has 2 N–H and O–H groups in total. The molecular weight excluding hydrogens is 399 g/mol. The number of carbonyl (C=O) groups excluding carboxylic acids is 2. The summed E-state index contributed by atoms with van der Waals surface area (Å²) in [7, 11) is 0. The summed E-state index contributed by atoms with van der Waals surface area (Å²) in [5, 5.41) is 16.1. The molecular formula is C22H17FN6O2. The van der Waals surface area contributed by atoms with Crippen LogP contribution in [0.25, 0.3) is 5.69 Å². The molecule has 2 amide bonds. The van der Waals surface area contributed by atoms with Crippen molar-refractivity contribution < 1.29 is 14.0 Å². The number of nitrogens with one attached hydrogen (secondary N) is 2. The SMILES string of the molecule is O=C(NC(C(=O)Nc1cc(-n2cnnn2)ccc1F)c1ccccc1)c1ccccc1. The van der Waals surface area contributed by atoms with Crippen molar-refractivity contribution in [1.82, 2.24) is 25.5 Å². The van der Waals surface area contributed by atoms with Gasteiger partial charge in [0.05, 0.1) is 11.4 Å². The summed E-state index contributed by atoms with van der Waals surface area (Å²) in [5.74, 6) is -1.65. The third kappa shape index (κ3) is 4.61. The lowest BCUT2D eigenvalue weighted by molar-refractivity contribution is -0.118. The van der Waals surface area contributed by atoms with Crippen molar-refractivity contribution >= 4 is 17.5 Å². The highest BCUT2D eigenvalue weighted by molar-refractivity contribution is 6.01. The van der Waals surface area contributed by atoms with E-state index in [1.54, 1.807) is 60.7 Å². The van der Waals surface area contributed by atoms with Gasteiger partial charge in [0.2, 0.25) is 0 Å². The zero-order valence-electron chi connectivity index (χ0n) is 16.1. The molecule has 4 aromatic rings. The van der Waals surface area contributed by atoms with Crippen LogP contribution in [0.4, 0.5) is 10.1 Å². The molecule has 0 bridgehead atoms. The third-order valence-corrected chi connectivity index (χ3v) is 4.53. The second-order valence-electron chi connectivity index (χ2n) is 6.59. The minimum atomic E-state index is -1.04. The van der Waals surface area contributed by atoms with E-state index in [-0.39, 0.29) is 5.69 Å². The van der Waals surface area contributed by atoms with Gasteiger partial charge in [0.15, 0.2) is 0 Å². The van der Waals surface area contributed by atoms with Gasteiger partial charge in [0, 0.05) is 5.56 Å². The topological polar surface area (TPSA) is 102 Å². The maximum absolute atomic E-state index is 14.4. The largest absolute Gasteiger partial charge is 0.336 e. The molecule has 0 aliphatic rings. The molecule has 8 nitrogen and oxygen atoms in total. The molecule has 0 fully saturated rings. The van der Waals surface area contributed by atoms with Crippen LogP contribution in [0.1, 0.15) is 22.0 Å². The first kappa shape index (κ1) is 19.9. The van der Waals surface area contributed by atoms with E-state index in [0.29, 0.717) is 16.8 Å². The molecule has 0 radical (unpaired) electrons. The van der Waals surface area contributed by atoms with E-state index in [0.717, 1.165) is 0 Å². The van der Waals surface area contributed by atoms with E-state index >= 15 is 0 Å². The van der Waals surface area contributed by atoms with Crippen molar-refractivity contribution in [3.05, 3.63) is 102 Å². The summed E-state index contributed by atoms with van der Waals surface area (Å²) in [6.07, 6.45) is 1.35. The minimum Gasteiger partial charge on any atom is -0.336 e. The first-order valence-electron chi connectivity index (χ1n) is 9.36. The van der Waals surface area contributed by atoms with Crippen LogP contribution >= 0.6 is 0 Å². The van der Waals surface area contributed by atoms with Gasteiger partial charge in [-0.3, -0.25) is 9.59 Å². The molecule has 4 rings (SSSR count). The van der Waals surface area contributed by atoms with Crippen molar-refractivity contribution in [3.8, 4) is 5.69 Å². The number of tetrazole rings is 1. The Morgan fingerprint density at radius 1 is 0.935 bits per heavy atom. The Hall–Kier alpha value is -4.40. The van der Waals surface area contributed by atoms with Gasteiger partial charge >= 0.3 is 0 Å². The van der Waals surface area contributed by atoms with Gasteiger partial charge in [-0.15, -0.1) is 5.10 Å². The monoisotopic (exact) mass is 416 g/mol. The van der Waals surface area contributed by atoms with Gasteiger partial charge < -0.3 is 10.6 Å². The van der Waals surface area contributed by atoms with Crippen LogP contribution in [-0.4, -0.2) is 32.0 Å². The van der Waals surface area contributed by atoms with Crippen molar-refractivity contribution in [1.29, 1.82) is 0 Å². The van der Waals surface area contributed by atoms with Crippen molar-refractivity contribution in [2.45, 2.75) is 6.04 Å². The van der Waals surface area contributed by atoms with E-state index in [1.807, 2.05) is 0 Å². The van der Waals surface area contributed by atoms with Crippen LogP contribution in [0, 0.1) is 5.82 Å². The van der Waals surface area contributed by atoms with Crippen LogP contribution in [0.3, 0.4) is 0 Å². The Kier molecular flexibility index (Phi) is 5.75. The van der Waals surface area contributed by atoms with E-state index < -0.39 is 23.7 Å². The van der Waals surface area contributed by atoms with E-state index in [2.05, 4.69) is 26.2 Å². The number of halogens is 1. The van der Waals surface area contributed by atoms with Gasteiger partial charge in [-0.25, -0.2) is 9.07 Å². The molecule has 9 heteroatoms. The molecule has 0 spiro atoms. The lowest BCUT2D eigenvalue weighted by Crippen LogP contribution is -2.37. The summed E-state index contributed by atoms with van der Waals surface area (Å²) < 4.78 is 15.7. The van der Waals surface area contributed by atoms with Gasteiger partial charge in [0.1, 0.15) is 18.2 Å². The molecule has 1 atom stereocenters.